The van der Waals surface area contributed by atoms with Crippen LogP contribution in [0.25, 0.3) is 0 Å². The monoisotopic (exact) mass is 252 g/mol. The summed E-state index contributed by atoms with van der Waals surface area (Å²) in [6.45, 7) is 4.80. The zero-order chi connectivity index (χ0) is 13.0. The van der Waals surface area contributed by atoms with Gasteiger partial charge in [0.15, 0.2) is 11.4 Å². The number of aromatic nitrogens is 1. The van der Waals surface area contributed by atoms with Gasteiger partial charge >= 0.3 is 5.97 Å². The molecule has 0 aromatic carbocycles. The van der Waals surface area contributed by atoms with Crippen molar-refractivity contribution in [3.63, 3.8) is 0 Å². The Bertz CT molecular complexity index is 418. The topological polar surface area (TPSA) is 71.9 Å². The van der Waals surface area contributed by atoms with Crippen molar-refractivity contribution in [2.75, 3.05) is 26.3 Å². The van der Waals surface area contributed by atoms with E-state index >= 15 is 0 Å². The summed E-state index contributed by atoms with van der Waals surface area (Å²) >= 11 is 0. The summed E-state index contributed by atoms with van der Waals surface area (Å²) in [4.78, 5) is 16.9. The molecule has 1 aromatic heterocycles. The third kappa shape index (κ3) is 2.96. The Morgan fingerprint density at radius 2 is 2.28 bits per heavy atom. The van der Waals surface area contributed by atoms with Gasteiger partial charge in [0, 0.05) is 19.3 Å². The van der Waals surface area contributed by atoms with Crippen LogP contribution in [0.1, 0.15) is 17.4 Å². The molecule has 0 spiro atoms. The molecule has 2 heterocycles. The quantitative estimate of drug-likeness (QED) is 0.856. The third-order valence-corrected chi connectivity index (χ3v) is 2.83. The van der Waals surface area contributed by atoms with E-state index in [0.29, 0.717) is 19.0 Å². The Morgan fingerprint density at radius 3 is 2.94 bits per heavy atom. The lowest BCUT2D eigenvalue weighted by Crippen LogP contribution is -2.44. The highest BCUT2D eigenvalue weighted by molar-refractivity contribution is 5.88. The molecule has 2 rings (SSSR count). The second kappa shape index (κ2) is 5.79. The average molecular weight is 252 g/mol. The van der Waals surface area contributed by atoms with Gasteiger partial charge in [0.25, 0.3) is 0 Å². The summed E-state index contributed by atoms with van der Waals surface area (Å²) in [5.41, 5.74) is -0.0578. The molecule has 0 saturated carbocycles. The van der Waals surface area contributed by atoms with E-state index in [0.717, 1.165) is 13.1 Å². The first kappa shape index (κ1) is 12.8. The molecule has 1 aromatic rings. The lowest BCUT2D eigenvalue weighted by atomic mass is 10.3. The van der Waals surface area contributed by atoms with Crippen molar-refractivity contribution >= 4 is 5.97 Å². The molecule has 1 aliphatic rings. The normalized spacial score (nSPS) is 18.3. The Kier molecular flexibility index (Phi) is 4.11. The first-order chi connectivity index (χ1) is 8.68. The number of hydrogen-bond acceptors (Lipinski definition) is 5. The molecule has 0 aliphatic carbocycles. The van der Waals surface area contributed by atoms with Crippen LogP contribution in [0.3, 0.4) is 0 Å². The van der Waals surface area contributed by atoms with E-state index in [9.17, 15) is 4.79 Å². The minimum absolute atomic E-state index is 0.0578. The van der Waals surface area contributed by atoms with Crippen molar-refractivity contribution in [2.24, 2.45) is 0 Å². The number of nitrogens with zero attached hydrogens (tertiary/aromatic N) is 2. The molecule has 1 fully saturated rings. The van der Waals surface area contributed by atoms with Crippen molar-refractivity contribution in [3.8, 4) is 5.75 Å². The maximum absolute atomic E-state index is 11.0. The molecule has 1 unspecified atom stereocenters. The second-order valence-electron chi connectivity index (χ2n) is 4.02. The Balaban J connectivity index is 2.06. The van der Waals surface area contributed by atoms with Crippen molar-refractivity contribution in [1.29, 1.82) is 0 Å². The van der Waals surface area contributed by atoms with E-state index in [1.165, 1.54) is 6.20 Å². The zero-order valence-corrected chi connectivity index (χ0v) is 10.2. The molecule has 1 N–H and O–H groups in total. The molecular formula is C12H16N2O4. The summed E-state index contributed by atoms with van der Waals surface area (Å²) in [5.74, 6) is -0.788. The van der Waals surface area contributed by atoms with E-state index in [1.807, 2.05) is 6.92 Å². The van der Waals surface area contributed by atoms with Crippen LogP contribution in [0.4, 0.5) is 0 Å². The van der Waals surface area contributed by atoms with Crippen LogP contribution in [0, 0.1) is 0 Å². The van der Waals surface area contributed by atoms with Gasteiger partial charge in [-0.2, -0.15) is 0 Å². The average Bonchev–Trinajstić information content (AvgIpc) is 2.40. The molecule has 0 bridgehead atoms. The maximum Gasteiger partial charge on any atom is 0.358 e. The number of hydrogen-bond donors (Lipinski definition) is 1. The smallest absolute Gasteiger partial charge is 0.358 e. The first-order valence-corrected chi connectivity index (χ1v) is 5.85. The molecule has 0 radical (unpaired) electrons. The second-order valence-corrected chi connectivity index (χ2v) is 4.02. The fraction of sp³-hybridized carbons (Fsp3) is 0.500. The summed E-state index contributed by atoms with van der Waals surface area (Å²) in [7, 11) is 0. The van der Waals surface area contributed by atoms with Crippen LogP contribution < -0.4 is 4.74 Å². The van der Waals surface area contributed by atoms with Crippen molar-refractivity contribution in [1.82, 2.24) is 9.88 Å². The Labute approximate surface area is 105 Å². The highest BCUT2D eigenvalue weighted by atomic mass is 16.5. The molecular weight excluding hydrogens is 236 g/mol. The summed E-state index contributed by atoms with van der Waals surface area (Å²) in [6, 6.07) is 3.28. The van der Waals surface area contributed by atoms with Crippen LogP contribution in [0.15, 0.2) is 18.3 Å². The van der Waals surface area contributed by atoms with E-state index < -0.39 is 5.97 Å². The number of ether oxygens (including phenoxy) is 2. The van der Waals surface area contributed by atoms with Gasteiger partial charge in [0.05, 0.1) is 13.2 Å². The van der Waals surface area contributed by atoms with Crippen LogP contribution in [-0.2, 0) is 4.74 Å². The number of aromatic carboxylic acids is 1. The molecule has 1 saturated heterocycles. The third-order valence-electron chi connectivity index (χ3n) is 2.83. The van der Waals surface area contributed by atoms with Gasteiger partial charge in [0.1, 0.15) is 6.23 Å². The minimum atomic E-state index is -1.08. The fourth-order valence-electron chi connectivity index (χ4n) is 1.85. The summed E-state index contributed by atoms with van der Waals surface area (Å²) < 4.78 is 10.9. The van der Waals surface area contributed by atoms with Gasteiger partial charge in [-0.3, -0.25) is 4.90 Å². The molecule has 6 heteroatoms. The van der Waals surface area contributed by atoms with Crippen molar-refractivity contribution in [2.45, 2.75) is 13.2 Å². The van der Waals surface area contributed by atoms with Gasteiger partial charge in [-0.15, -0.1) is 0 Å². The maximum atomic E-state index is 11.0. The molecule has 1 aliphatic heterocycles. The summed E-state index contributed by atoms with van der Waals surface area (Å²) in [5, 5.41) is 9.01. The number of pyridine rings is 1. The number of carboxylic acid groups (broad SMARTS) is 1. The van der Waals surface area contributed by atoms with E-state index in [1.54, 1.807) is 12.1 Å². The highest BCUT2D eigenvalue weighted by Gasteiger charge is 2.21. The number of carboxylic acids is 1. The van der Waals surface area contributed by atoms with Crippen LogP contribution >= 0.6 is 0 Å². The van der Waals surface area contributed by atoms with Gasteiger partial charge in [-0.25, -0.2) is 9.78 Å². The molecule has 0 amide bonds. The lowest BCUT2D eigenvalue weighted by molar-refractivity contribution is -0.0377. The molecule has 6 nitrogen and oxygen atoms in total. The number of rotatable bonds is 4. The van der Waals surface area contributed by atoms with Crippen LogP contribution in [0.2, 0.25) is 0 Å². The highest BCUT2D eigenvalue weighted by Crippen LogP contribution is 2.18. The van der Waals surface area contributed by atoms with Gasteiger partial charge in [-0.05, 0) is 19.1 Å². The number of morpholine rings is 1. The van der Waals surface area contributed by atoms with Crippen LogP contribution in [-0.4, -0.2) is 53.5 Å². The van der Waals surface area contributed by atoms with E-state index in [-0.39, 0.29) is 11.9 Å². The van der Waals surface area contributed by atoms with E-state index in [2.05, 4.69) is 9.88 Å². The molecule has 98 valence electrons. The van der Waals surface area contributed by atoms with Gasteiger partial charge in [-0.1, -0.05) is 0 Å². The largest absolute Gasteiger partial charge is 0.476 e. The summed E-state index contributed by atoms with van der Waals surface area (Å²) in [6.07, 6.45) is 1.24. The van der Waals surface area contributed by atoms with Gasteiger partial charge in [0.2, 0.25) is 0 Å². The fourth-order valence-corrected chi connectivity index (χ4v) is 1.85. The minimum Gasteiger partial charge on any atom is -0.476 e. The standard InChI is InChI=1S/C12H16N2O4/c1-9(14-5-7-17-8-6-14)18-10-3-2-4-13-11(10)12(15)16/h2-4,9H,5-8H2,1H3,(H,15,16). The number of carbonyl (C=O) groups is 1. The molecule has 1 atom stereocenters. The Hall–Kier alpha value is -1.66. The van der Waals surface area contributed by atoms with Crippen LogP contribution in [0.5, 0.6) is 5.75 Å². The Morgan fingerprint density at radius 1 is 1.56 bits per heavy atom. The zero-order valence-electron chi connectivity index (χ0n) is 10.2. The van der Waals surface area contributed by atoms with Crippen molar-refractivity contribution in [3.05, 3.63) is 24.0 Å². The first-order valence-electron chi connectivity index (χ1n) is 5.85. The van der Waals surface area contributed by atoms with Crippen molar-refractivity contribution < 1.29 is 19.4 Å². The van der Waals surface area contributed by atoms with E-state index in [4.69, 9.17) is 14.6 Å². The lowest BCUT2D eigenvalue weighted by Gasteiger charge is -2.32. The molecule has 18 heavy (non-hydrogen) atoms. The predicted molar refractivity (Wildman–Crippen MR) is 63.7 cm³/mol. The predicted octanol–water partition coefficient (Wildman–Crippen LogP) is 0.837. The van der Waals surface area contributed by atoms with Gasteiger partial charge < -0.3 is 14.6 Å². The SMILES string of the molecule is CC(Oc1cccnc1C(=O)O)N1CCOCC1.